The molecule has 2 aromatic heterocycles. The van der Waals surface area contributed by atoms with Crippen molar-refractivity contribution in [1.82, 2.24) is 19.7 Å². The minimum Gasteiger partial charge on any atom is -0.216 e. The molecule has 0 fully saturated rings. The van der Waals surface area contributed by atoms with Crippen LogP contribution in [0.15, 0.2) is 18.3 Å². The molecule has 0 unspecified atom stereocenters. The molecule has 0 aliphatic heterocycles. The average molecular weight is 188 g/mol. The van der Waals surface area contributed by atoms with Gasteiger partial charge in [-0.1, -0.05) is 0 Å². The van der Waals surface area contributed by atoms with E-state index in [0.717, 1.165) is 17.1 Å². The fourth-order valence-corrected chi connectivity index (χ4v) is 1.34. The summed E-state index contributed by atoms with van der Waals surface area (Å²) < 4.78 is 1.69. The summed E-state index contributed by atoms with van der Waals surface area (Å²) in [5.41, 5.74) is 2.88. The molecule has 72 valence electrons. The fraction of sp³-hybridized carbons (Fsp3) is 0.300. The Morgan fingerprint density at radius 1 is 1.00 bits per heavy atom. The standard InChI is InChI=1S/C10H12N4/c1-7-4-5-14(13-7)10-11-8(2)6-9(3)12-10/h4-6H,1-3H3. The van der Waals surface area contributed by atoms with Gasteiger partial charge < -0.3 is 0 Å². The smallest absolute Gasteiger partial charge is 0.216 e. The Morgan fingerprint density at radius 3 is 2.14 bits per heavy atom. The summed E-state index contributed by atoms with van der Waals surface area (Å²) in [4.78, 5) is 8.61. The zero-order valence-electron chi connectivity index (χ0n) is 8.52. The molecule has 2 rings (SSSR count). The lowest BCUT2D eigenvalue weighted by Gasteiger charge is -2.01. The molecule has 14 heavy (non-hydrogen) atoms. The van der Waals surface area contributed by atoms with E-state index < -0.39 is 0 Å². The van der Waals surface area contributed by atoms with Crippen molar-refractivity contribution in [1.29, 1.82) is 0 Å². The summed E-state index contributed by atoms with van der Waals surface area (Å²) in [5, 5.41) is 4.25. The van der Waals surface area contributed by atoms with Gasteiger partial charge in [0.15, 0.2) is 0 Å². The van der Waals surface area contributed by atoms with Crippen LogP contribution < -0.4 is 0 Å². The summed E-state index contributed by atoms with van der Waals surface area (Å²) in [5.74, 6) is 0.635. The number of aromatic nitrogens is 4. The second kappa shape index (κ2) is 3.21. The second-order valence-corrected chi connectivity index (χ2v) is 3.35. The maximum atomic E-state index is 4.31. The van der Waals surface area contributed by atoms with Crippen LogP contribution in [0.2, 0.25) is 0 Å². The van der Waals surface area contributed by atoms with Gasteiger partial charge in [-0.2, -0.15) is 5.10 Å². The van der Waals surface area contributed by atoms with E-state index in [9.17, 15) is 0 Å². The van der Waals surface area contributed by atoms with Gasteiger partial charge >= 0.3 is 0 Å². The van der Waals surface area contributed by atoms with Crippen LogP contribution in [0.25, 0.3) is 5.95 Å². The van der Waals surface area contributed by atoms with Gasteiger partial charge in [0.05, 0.1) is 5.69 Å². The SMILES string of the molecule is Cc1cc(C)nc(-n2ccc(C)n2)n1. The Morgan fingerprint density at radius 2 is 1.64 bits per heavy atom. The van der Waals surface area contributed by atoms with Crippen molar-refractivity contribution in [2.45, 2.75) is 20.8 Å². The van der Waals surface area contributed by atoms with Gasteiger partial charge in [-0.15, -0.1) is 0 Å². The molecule has 0 aliphatic rings. The minimum atomic E-state index is 0.635. The van der Waals surface area contributed by atoms with Crippen LogP contribution in [0, 0.1) is 20.8 Å². The van der Waals surface area contributed by atoms with E-state index in [-0.39, 0.29) is 0 Å². The first-order valence-electron chi connectivity index (χ1n) is 4.50. The third-order valence-electron chi connectivity index (χ3n) is 1.90. The van der Waals surface area contributed by atoms with Gasteiger partial charge in [-0.05, 0) is 32.9 Å². The third-order valence-corrected chi connectivity index (χ3v) is 1.90. The average Bonchev–Trinajstić information content (AvgIpc) is 2.50. The molecule has 2 aromatic rings. The Bertz CT molecular complexity index is 439. The fourth-order valence-electron chi connectivity index (χ4n) is 1.34. The summed E-state index contributed by atoms with van der Waals surface area (Å²) in [6.07, 6.45) is 1.86. The van der Waals surface area contributed by atoms with E-state index in [1.54, 1.807) is 4.68 Å². The maximum Gasteiger partial charge on any atom is 0.250 e. The maximum absolute atomic E-state index is 4.31. The number of nitrogens with zero attached hydrogens (tertiary/aromatic N) is 4. The van der Waals surface area contributed by atoms with Crippen molar-refractivity contribution in [2.24, 2.45) is 0 Å². The lowest BCUT2D eigenvalue weighted by atomic mass is 10.4. The van der Waals surface area contributed by atoms with Crippen molar-refractivity contribution in [3.8, 4) is 5.95 Å². The van der Waals surface area contributed by atoms with Gasteiger partial charge in [-0.25, -0.2) is 14.6 Å². The molecule has 0 N–H and O–H groups in total. The lowest BCUT2D eigenvalue weighted by molar-refractivity contribution is 0.784. The van der Waals surface area contributed by atoms with E-state index in [0.29, 0.717) is 5.95 Å². The molecular formula is C10H12N4. The number of aryl methyl sites for hydroxylation is 3. The van der Waals surface area contributed by atoms with Crippen LogP contribution in [0.1, 0.15) is 17.1 Å². The van der Waals surface area contributed by atoms with E-state index in [1.807, 2.05) is 39.1 Å². The summed E-state index contributed by atoms with van der Waals surface area (Å²) in [6, 6.07) is 3.88. The van der Waals surface area contributed by atoms with Crippen LogP contribution in [-0.2, 0) is 0 Å². The first-order valence-corrected chi connectivity index (χ1v) is 4.50. The van der Waals surface area contributed by atoms with Crippen LogP contribution in [0.3, 0.4) is 0 Å². The second-order valence-electron chi connectivity index (χ2n) is 3.35. The quantitative estimate of drug-likeness (QED) is 0.682. The van der Waals surface area contributed by atoms with Crippen LogP contribution >= 0.6 is 0 Å². The van der Waals surface area contributed by atoms with Crippen molar-refractivity contribution in [3.05, 3.63) is 35.4 Å². The molecular weight excluding hydrogens is 176 g/mol. The van der Waals surface area contributed by atoms with Crippen LogP contribution in [-0.4, -0.2) is 19.7 Å². The highest BCUT2D eigenvalue weighted by Gasteiger charge is 2.02. The van der Waals surface area contributed by atoms with E-state index in [1.165, 1.54) is 0 Å². The Labute approximate surface area is 82.6 Å². The number of rotatable bonds is 1. The van der Waals surface area contributed by atoms with Crippen molar-refractivity contribution >= 4 is 0 Å². The molecule has 0 aliphatic carbocycles. The molecule has 0 aromatic carbocycles. The zero-order valence-corrected chi connectivity index (χ0v) is 8.52. The van der Waals surface area contributed by atoms with Gasteiger partial charge in [0, 0.05) is 17.6 Å². The zero-order chi connectivity index (χ0) is 10.1. The molecule has 2 heterocycles. The van der Waals surface area contributed by atoms with Crippen molar-refractivity contribution in [2.75, 3.05) is 0 Å². The Hall–Kier alpha value is -1.71. The van der Waals surface area contributed by atoms with Crippen molar-refractivity contribution in [3.63, 3.8) is 0 Å². The van der Waals surface area contributed by atoms with E-state index in [4.69, 9.17) is 0 Å². The highest BCUT2D eigenvalue weighted by Crippen LogP contribution is 2.04. The van der Waals surface area contributed by atoms with E-state index >= 15 is 0 Å². The predicted octanol–water partition coefficient (Wildman–Crippen LogP) is 1.59. The summed E-state index contributed by atoms with van der Waals surface area (Å²) >= 11 is 0. The Balaban J connectivity index is 2.51. The predicted molar refractivity (Wildman–Crippen MR) is 53.4 cm³/mol. The number of hydrogen-bond acceptors (Lipinski definition) is 3. The lowest BCUT2D eigenvalue weighted by Crippen LogP contribution is -2.04. The van der Waals surface area contributed by atoms with Crippen molar-refractivity contribution < 1.29 is 0 Å². The van der Waals surface area contributed by atoms with Crippen LogP contribution in [0.4, 0.5) is 0 Å². The highest BCUT2D eigenvalue weighted by molar-refractivity contribution is 5.18. The highest BCUT2D eigenvalue weighted by atomic mass is 15.3. The molecule has 0 spiro atoms. The summed E-state index contributed by atoms with van der Waals surface area (Å²) in [7, 11) is 0. The molecule has 0 saturated heterocycles. The molecule has 0 radical (unpaired) electrons. The molecule has 0 saturated carbocycles. The van der Waals surface area contributed by atoms with Gasteiger partial charge in [0.25, 0.3) is 5.95 Å². The normalized spacial score (nSPS) is 10.5. The van der Waals surface area contributed by atoms with E-state index in [2.05, 4.69) is 15.1 Å². The third kappa shape index (κ3) is 1.64. The minimum absolute atomic E-state index is 0.635. The molecule has 4 nitrogen and oxygen atoms in total. The van der Waals surface area contributed by atoms with Gasteiger partial charge in [-0.3, -0.25) is 0 Å². The molecule has 0 bridgehead atoms. The van der Waals surface area contributed by atoms with Gasteiger partial charge in [0.1, 0.15) is 0 Å². The summed E-state index contributed by atoms with van der Waals surface area (Å²) in [6.45, 7) is 5.85. The first kappa shape index (κ1) is 8.87. The van der Waals surface area contributed by atoms with Crippen LogP contribution in [0.5, 0.6) is 0 Å². The van der Waals surface area contributed by atoms with Gasteiger partial charge in [0.2, 0.25) is 0 Å². The first-order chi connectivity index (χ1) is 6.65. The Kier molecular flexibility index (Phi) is 2.04. The molecule has 0 atom stereocenters. The monoisotopic (exact) mass is 188 g/mol. The number of hydrogen-bond donors (Lipinski definition) is 0. The topological polar surface area (TPSA) is 43.6 Å². The largest absolute Gasteiger partial charge is 0.250 e. The molecule has 0 amide bonds. The molecule has 4 heteroatoms.